The molecule has 0 spiro atoms. The normalized spacial score (nSPS) is 11.1. The molecule has 28 heavy (non-hydrogen) atoms. The van der Waals surface area contributed by atoms with Gasteiger partial charge in [-0.3, -0.25) is 10.1 Å². The number of anilines is 1. The molecule has 0 aliphatic carbocycles. The van der Waals surface area contributed by atoms with Gasteiger partial charge in [0.15, 0.2) is 10.8 Å². The number of nitrogens with zero attached hydrogens (tertiary/aromatic N) is 4. The number of aryl methyl sites for hydroxylation is 4. The highest BCUT2D eigenvalue weighted by Gasteiger charge is 2.18. The van der Waals surface area contributed by atoms with Gasteiger partial charge >= 0.3 is 0 Å². The predicted octanol–water partition coefficient (Wildman–Crippen LogP) is 4.26. The second-order valence-electron chi connectivity index (χ2n) is 6.98. The Balaban J connectivity index is 1.57. The molecule has 0 aliphatic heterocycles. The van der Waals surface area contributed by atoms with Crippen molar-refractivity contribution in [1.29, 1.82) is 0 Å². The van der Waals surface area contributed by atoms with Crippen LogP contribution < -0.4 is 5.32 Å². The maximum Gasteiger partial charge on any atom is 0.262 e. The molecule has 1 aromatic carbocycles. The number of fused-ring (bicyclic) bond motifs is 1. The summed E-state index contributed by atoms with van der Waals surface area (Å²) in [5.41, 5.74) is 6.20. The molecule has 1 amide bonds. The Kier molecular flexibility index (Phi) is 4.68. The van der Waals surface area contributed by atoms with E-state index in [0.717, 1.165) is 28.4 Å². The molecular formula is C21H21N5OS. The second-order valence-corrected chi connectivity index (χ2v) is 8.06. The van der Waals surface area contributed by atoms with Crippen molar-refractivity contribution in [2.24, 2.45) is 0 Å². The number of benzene rings is 1. The minimum Gasteiger partial charge on any atom is -0.298 e. The fourth-order valence-corrected chi connectivity index (χ4v) is 4.24. The molecule has 4 rings (SSSR count). The van der Waals surface area contributed by atoms with Crippen LogP contribution >= 0.6 is 11.3 Å². The van der Waals surface area contributed by atoms with E-state index in [0.29, 0.717) is 16.3 Å². The topological polar surface area (TPSA) is 72.2 Å². The van der Waals surface area contributed by atoms with E-state index < -0.39 is 0 Å². The van der Waals surface area contributed by atoms with Gasteiger partial charge in [-0.05, 0) is 39.3 Å². The molecule has 0 atom stereocenters. The van der Waals surface area contributed by atoms with Crippen LogP contribution in [-0.2, 0) is 6.42 Å². The Labute approximate surface area is 167 Å². The number of hydrogen-bond donors (Lipinski definition) is 1. The van der Waals surface area contributed by atoms with E-state index in [2.05, 4.69) is 51.6 Å². The first-order valence-corrected chi connectivity index (χ1v) is 9.87. The van der Waals surface area contributed by atoms with Crippen molar-refractivity contribution < 1.29 is 4.79 Å². The third-order valence-electron chi connectivity index (χ3n) is 4.58. The van der Waals surface area contributed by atoms with Crippen molar-refractivity contribution in [2.45, 2.75) is 34.1 Å². The third kappa shape index (κ3) is 3.53. The SMILES string of the molecule is Cc1cccc(Cc2sc(NC(=O)c3cnn4c(C)cc(C)nc34)nc2C)c1. The van der Waals surface area contributed by atoms with Gasteiger partial charge in [0, 0.05) is 22.7 Å². The molecule has 142 valence electrons. The molecule has 0 bridgehead atoms. The first kappa shape index (κ1) is 18.3. The predicted molar refractivity (Wildman–Crippen MR) is 111 cm³/mol. The van der Waals surface area contributed by atoms with Crippen LogP contribution in [0, 0.1) is 27.7 Å². The molecule has 0 saturated carbocycles. The van der Waals surface area contributed by atoms with Crippen LogP contribution in [0.5, 0.6) is 0 Å². The van der Waals surface area contributed by atoms with Crippen molar-refractivity contribution >= 4 is 28.0 Å². The lowest BCUT2D eigenvalue weighted by molar-refractivity contribution is 0.102. The van der Waals surface area contributed by atoms with Crippen molar-refractivity contribution in [1.82, 2.24) is 19.6 Å². The summed E-state index contributed by atoms with van der Waals surface area (Å²) >= 11 is 1.51. The average molecular weight is 392 g/mol. The van der Waals surface area contributed by atoms with E-state index in [4.69, 9.17) is 0 Å². The molecule has 0 saturated heterocycles. The zero-order chi connectivity index (χ0) is 19.8. The van der Waals surface area contributed by atoms with Gasteiger partial charge < -0.3 is 0 Å². The Bertz CT molecular complexity index is 1190. The lowest BCUT2D eigenvalue weighted by Gasteiger charge is -2.03. The van der Waals surface area contributed by atoms with Gasteiger partial charge in [0.2, 0.25) is 0 Å². The fraction of sp³-hybridized carbons (Fsp3) is 0.238. The molecule has 0 fully saturated rings. The van der Waals surface area contributed by atoms with E-state index in [1.807, 2.05) is 26.8 Å². The van der Waals surface area contributed by atoms with Crippen LogP contribution in [0.4, 0.5) is 5.13 Å². The van der Waals surface area contributed by atoms with E-state index in [-0.39, 0.29) is 5.91 Å². The number of rotatable bonds is 4. The number of nitrogens with one attached hydrogen (secondary N) is 1. The summed E-state index contributed by atoms with van der Waals surface area (Å²) in [6.07, 6.45) is 2.36. The summed E-state index contributed by atoms with van der Waals surface area (Å²) in [7, 11) is 0. The van der Waals surface area contributed by atoms with Gasteiger partial charge in [-0.1, -0.05) is 29.8 Å². The summed E-state index contributed by atoms with van der Waals surface area (Å²) in [5, 5.41) is 7.79. The van der Waals surface area contributed by atoms with E-state index in [9.17, 15) is 4.79 Å². The molecule has 4 aromatic rings. The van der Waals surface area contributed by atoms with Gasteiger partial charge in [-0.15, -0.1) is 11.3 Å². The van der Waals surface area contributed by atoms with Crippen LogP contribution in [0.1, 0.15) is 43.4 Å². The molecule has 7 heteroatoms. The first-order valence-electron chi connectivity index (χ1n) is 9.06. The summed E-state index contributed by atoms with van der Waals surface area (Å²) in [6, 6.07) is 10.4. The van der Waals surface area contributed by atoms with Crippen molar-refractivity contribution in [3.05, 3.63) is 75.2 Å². The van der Waals surface area contributed by atoms with E-state index in [1.165, 1.54) is 22.5 Å². The summed E-state index contributed by atoms with van der Waals surface area (Å²) in [4.78, 5) is 22.9. The minimum absolute atomic E-state index is 0.247. The largest absolute Gasteiger partial charge is 0.298 e. The lowest BCUT2D eigenvalue weighted by Crippen LogP contribution is -2.12. The van der Waals surface area contributed by atoms with E-state index in [1.54, 1.807) is 10.7 Å². The highest BCUT2D eigenvalue weighted by molar-refractivity contribution is 7.15. The molecule has 0 aliphatic rings. The van der Waals surface area contributed by atoms with Gasteiger partial charge in [0.05, 0.1) is 11.9 Å². The van der Waals surface area contributed by atoms with Crippen LogP contribution in [-0.4, -0.2) is 25.5 Å². The van der Waals surface area contributed by atoms with Crippen LogP contribution in [0.25, 0.3) is 5.65 Å². The number of amides is 1. The summed E-state index contributed by atoms with van der Waals surface area (Å²) in [6.45, 7) is 7.91. The highest BCUT2D eigenvalue weighted by atomic mass is 32.1. The minimum atomic E-state index is -0.247. The number of carbonyl (C=O) groups is 1. The first-order chi connectivity index (χ1) is 13.4. The van der Waals surface area contributed by atoms with Crippen molar-refractivity contribution in [3.63, 3.8) is 0 Å². The Morgan fingerprint density at radius 3 is 2.75 bits per heavy atom. The highest BCUT2D eigenvalue weighted by Crippen LogP contribution is 2.26. The van der Waals surface area contributed by atoms with Crippen LogP contribution in [0.15, 0.2) is 36.5 Å². The lowest BCUT2D eigenvalue weighted by atomic mass is 10.1. The third-order valence-corrected chi connectivity index (χ3v) is 5.66. The molecular weight excluding hydrogens is 370 g/mol. The smallest absolute Gasteiger partial charge is 0.262 e. The summed E-state index contributed by atoms with van der Waals surface area (Å²) in [5.74, 6) is -0.247. The number of thiazole rings is 1. The fourth-order valence-electron chi connectivity index (χ4n) is 3.25. The van der Waals surface area contributed by atoms with Crippen LogP contribution in [0.2, 0.25) is 0 Å². The maximum absolute atomic E-state index is 12.8. The van der Waals surface area contributed by atoms with Crippen molar-refractivity contribution in [2.75, 3.05) is 5.32 Å². The molecule has 6 nitrogen and oxygen atoms in total. The zero-order valence-corrected chi connectivity index (χ0v) is 17.1. The Morgan fingerprint density at radius 2 is 1.96 bits per heavy atom. The van der Waals surface area contributed by atoms with Crippen LogP contribution in [0.3, 0.4) is 0 Å². The van der Waals surface area contributed by atoms with Gasteiger partial charge in [-0.25, -0.2) is 14.5 Å². The average Bonchev–Trinajstić information content (AvgIpc) is 3.19. The molecule has 0 unspecified atom stereocenters. The molecule has 3 heterocycles. The Morgan fingerprint density at radius 1 is 1.14 bits per heavy atom. The van der Waals surface area contributed by atoms with Gasteiger partial charge in [0.1, 0.15) is 5.56 Å². The van der Waals surface area contributed by atoms with Crippen molar-refractivity contribution in [3.8, 4) is 0 Å². The number of hydrogen-bond acceptors (Lipinski definition) is 5. The number of aromatic nitrogens is 4. The molecule has 0 radical (unpaired) electrons. The molecule has 3 aromatic heterocycles. The Hall–Kier alpha value is -3.06. The monoisotopic (exact) mass is 391 g/mol. The summed E-state index contributed by atoms with van der Waals surface area (Å²) < 4.78 is 1.68. The second kappa shape index (κ2) is 7.16. The molecule has 1 N–H and O–H groups in total. The maximum atomic E-state index is 12.8. The zero-order valence-electron chi connectivity index (χ0n) is 16.3. The number of carbonyl (C=O) groups excluding carboxylic acids is 1. The van der Waals surface area contributed by atoms with Gasteiger partial charge in [-0.2, -0.15) is 5.10 Å². The van der Waals surface area contributed by atoms with Gasteiger partial charge in [0.25, 0.3) is 5.91 Å². The quantitative estimate of drug-likeness (QED) is 0.564. The standard InChI is InChI=1S/C21H21N5OS/c1-12-6-5-7-16(8-12)10-18-15(4)24-21(28-18)25-20(27)17-11-22-26-14(3)9-13(2)23-19(17)26/h5-9,11H,10H2,1-4H3,(H,24,25,27). The van der Waals surface area contributed by atoms with E-state index >= 15 is 0 Å².